The van der Waals surface area contributed by atoms with E-state index in [2.05, 4.69) is 10.0 Å². The van der Waals surface area contributed by atoms with Crippen LogP contribution < -0.4 is 14.8 Å². The Morgan fingerprint density at radius 1 is 1.38 bits per heavy atom. The molecule has 1 aromatic carbocycles. The molecule has 2 aliphatic rings. The van der Waals surface area contributed by atoms with Crippen molar-refractivity contribution in [1.82, 2.24) is 14.2 Å². The number of aryl methyl sites for hydroxylation is 2. The van der Waals surface area contributed by atoms with Gasteiger partial charge in [0.25, 0.3) is 5.91 Å². The van der Waals surface area contributed by atoms with Gasteiger partial charge in [-0.15, -0.1) is 0 Å². The number of halogens is 1. The van der Waals surface area contributed by atoms with Crippen LogP contribution in [0.1, 0.15) is 29.9 Å². The van der Waals surface area contributed by atoms with Crippen LogP contribution in [0.3, 0.4) is 0 Å². The summed E-state index contributed by atoms with van der Waals surface area (Å²) in [5, 5.41) is 2.67. The lowest BCUT2D eigenvalue weighted by Crippen LogP contribution is -2.49. The van der Waals surface area contributed by atoms with Crippen molar-refractivity contribution in [1.29, 1.82) is 0 Å². The highest BCUT2D eigenvalue weighted by atomic mass is 32.2. The van der Waals surface area contributed by atoms with Gasteiger partial charge in [-0.3, -0.25) is 4.79 Å². The lowest BCUT2D eigenvalue weighted by molar-refractivity contribution is 0.0994. The smallest absolute Gasteiger partial charge is 0.409 e. The van der Waals surface area contributed by atoms with Crippen molar-refractivity contribution in [2.75, 3.05) is 31.6 Å². The Kier molecular flexibility index (Phi) is 6.06. The van der Waals surface area contributed by atoms with Gasteiger partial charge in [-0.2, -0.15) is 0 Å². The van der Waals surface area contributed by atoms with Gasteiger partial charge in [0.05, 0.1) is 19.3 Å². The molecule has 0 saturated carbocycles. The zero-order chi connectivity index (χ0) is 24.8. The van der Waals surface area contributed by atoms with Crippen LogP contribution in [0.5, 0.6) is 5.75 Å². The molecular weight excluding hydrogens is 467 g/mol. The van der Waals surface area contributed by atoms with Crippen molar-refractivity contribution < 1.29 is 31.9 Å². The molecule has 10 nitrogen and oxygen atoms in total. The van der Waals surface area contributed by atoms with Crippen LogP contribution in [0, 0.1) is 18.2 Å². The van der Waals surface area contributed by atoms with E-state index in [1.807, 2.05) is 6.92 Å². The van der Waals surface area contributed by atoms with Gasteiger partial charge >= 0.3 is 6.09 Å². The molecule has 0 spiro atoms. The number of nitrogens with zero attached hydrogens (tertiary/aromatic N) is 2. The number of sulfonamides is 1. The third kappa shape index (κ3) is 4.23. The lowest BCUT2D eigenvalue weighted by atomic mass is 9.87. The highest BCUT2D eigenvalue weighted by Crippen LogP contribution is 2.39. The largest absolute Gasteiger partial charge is 0.489 e. The van der Waals surface area contributed by atoms with E-state index in [0.717, 1.165) is 0 Å². The molecule has 0 aliphatic carbocycles. The van der Waals surface area contributed by atoms with Gasteiger partial charge < -0.3 is 24.3 Å². The van der Waals surface area contributed by atoms with Crippen LogP contribution in [-0.4, -0.2) is 62.2 Å². The molecule has 3 heterocycles. The van der Waals surface area contributed by atoms with Crippen molar-refractivity contribution in [3.63, 3.8) is 0 Å². The summed E-state index contributed by atoms with van der Waals surface area (Å²) < 4.78 is 55.2. The van der Waals surface area contributed by atoms with Crippen LogP contribution in [0.15, 0.2) is 29.3 Å². The molecule has 2 aliphatic heterocycles. The summed E-state index contributed by atoms with van der Waals surface area (Å²) in [7, 11) is -2.54. The Balaban J connectivity index is 1.66. The topological polar surface area (TPSA) is 119 Å². The van der Waals surface area contributed by atoms with E-state index in [1.54, 1.807) is 20.9 Å². The van der Waals surface area contributed by atoms with Crippen molar-refractivity contribution in [3.05, 3.63) is 41.5 Å². The van der Waals surface area contributed by atoms with E-state index in [4.69, 9.17) is 9.47 Å². The number of carbonyl (C=O) groups excluding carboxylic acids is 2. The minimum Gasteiger partial charge on any atom is -0.489 e. The number of benzene rings is 1. The minimum atomic E-state index is -4.08. The number of rotatable bonds is 3. The summed E-state index contributed by atoms with van der Waals surface area (Å²) in [5.41, 5.74) is -0.0348. The fourth-order valence-corrected chi connectivity index (χ4v) is 5.86. The summed E-state index contributed by atoms with van der Waals surface area (Å²) in [5.74, 6) is -1.09. The summed E-state index contributed by atoms with van der Waals surface area (Å²) in [6.07, 6.45) is 0.783. The van der Waals surface area contributed by atoms with Crippen LogP contribution in [0.4, 0.5) is 14.9 Å². The molecule has 1 saturated heterocycles. The predicted molar refractivity (Wildman–Crippen MR) is 121 cm³/mol. The molecule has 2 amide bonds. The number of ether oxygens (including phenoxy) is 2. The molecule has 1 fully saturated rings. The summed E-state index contributed by atoms with van der Waals surface area (Å²) in [4.78, 5) is 26.6. The van der Waals surface area contributed by atoms with Crippen molar-refractivity contribution >= 4 is 27.7 Å². The summed E-state index contributed by atoms with van der Waals surface area (Å²) in [6, 6.07) is 3.53. The van der Waals surface area contributed by atoms with E-state index in [9.17, 15) is 22.4 Å². The van der Waals surface area contributed by atoms with Crippen LogP contribution in [-0.2, 0) is 21.8 Å². The Morgan fingerprint density at radius 3 is 2.79 bits per heavy atom. The molecule has 2 atom stereocenters. The molecule has 0 bridgehead atoms. The maximum atomic E-state index is 13.6. The second-order valence-corrected chi connectivity index (χ2v) is 10.6. The molecule has 4 rings (SSSR count). The van der Waals surface area contributed by atoms with Gasteiger partial charge in [-0.25, -0.2) is 22.3 Å². The standard InChI is InChI=1S/C22H27FN4O6S/c1-5-32-21(29)27-10-17-22(3,11-27)12-33-19-16(34(30,31)25-17)9-26(4)18(19)20(28)24-14-6-7-15(23)13(2)8-14/h6-9,17,25H,5,10-12H2,1-4H3,(H,24,28)/t17-,22-/m1/s1. The first-order valence-corrected chi connectivity index (χ1v) is 12.3. The molecule has 0 radical (unpaired) electrons. The van der Waals surface area contributed by atoms with Gasteiger partial charge in [0.15, 0.2) is 11.4 Å². The third-order valence-corrected chi connectivity index (χ3v) is 7.65. The van der Waals surface area contributed by atoms with Gasteiger partial charge in [-0.05, 0) is 37.6 Å². The molecule has 12 heteroatoms. The maximum Gasteiger partial charge on any atom is 0.409 e. The second-order valence-electron chi connectivity index (χ2n) is 8.90. The number of likely N-dealkylation sites (tertiary alicyclic amines) is 1. The molecular formula is C22H27FN4O6S. The quantitative estimate of drug-likeness (QED) is 0.676. The monoisotopic (exact) mass is 494 g/mol. The molecule has 184 valence electrons. The highest BCUT2D eigenvalue weighted by Gasteiger charge is 2.50. The highest BCUT2D eigenvalue weighted by molar-refractivity contribution is 7.89. The first-order chi connectivity index (χ1) is 15.9. The third-order valence-electron chi connectivity index (χ3n) is 6.19. The Hall–Kier alpha value is -3.12. The van der Waals surface area contributed by atoms with E-state index >= 15 is 0 Å². The van der Waals surface area contributed by atoms with E-state index in [1.165, 1.54) is 33.9 Å². The number of fused-ring (bicyclic) bond motifs is 2. The van der Waals surface area contributed by atoms with Crippen molar-refractivity contribution in [2.24, 2.45) is 12.5 Å². The number of anilines is 1. The van der Waals surface area contributed by atoms with Crippen LogP contribution >= 0.6 is 0 Å². The van der Waals surface area contributed by atoms with Gasteiger partial charge in [-0.1, -0.05) is 6.92 Å². The Morgan fingerprint density at radius 2 is 2.12 bits per heavy atom. The van der Waals surface area contributed by atoms with Crippen LogP contribution in [0.25, 0.3) is 0 Å². The molecule has 2 N–H and O–H groups in total. The van der Waals surface area contributed by atoms with Gasteiger partial charge in [0, 0.05) is 37.4 Å². The van der Waals surface area contributed by atoms with Gasteiger partial charge in [0.1, 0.15) is 10.7 Å². The molecule has 0 unspecified atom stereocenters. The van der Waals surface area contributed by atoms with Crippen molar-refractivity contribution in [2.45, 2.75) is 31.7 Å². The average Bonchev–Trinajstić information content (AvgIpc) is 3.26. The number of nitrogens with one attached hydrogen (secondary N) is 2. The normalized spacial score (nSPS) is 23.2. The second kappa shape index (κ2) is 8.58. The van der Waals surface area contributed by atoms with E-state index in [-0.39, 0.29) is 42.6 Å². The Labute approximate surface area is 197 Å². The number of amides is 2. The van der Waals surface area contributed by atoms with E-state index in [0.29, 0.717) is 11.3 Å². The summed E-state index contributed by atoms with van der Waals surface area (Å²) >= 11 is 0. The summed E-state index contributed by atoms with van der Waals surface area (Å²) in [6.45, 7) is 5.70. The zero-order valence-electron chi connectivity index (χ0n) is 19.3. The minimum absolute atomic E-state index is 0.00430. The number of carbonyl (C=O) groups is 2. The number of aromatic nitrogens is 1. The number of hydrogen-bond donors (Lipinski definition) is 2. The average molecular weight is 495 g/mol. The zero-order valence-corrected chi connectivity index (χ0v) is 20.2. The fraction of sp³-hybridized carbons (Fsp3) is 0.455. The van der Waals surface area contributed by atoms with Crippen LogP contribution in [0.2, 0.25) is 0 Å². The fourth-order valence-electron chi connectivity index (χ4n) is 4.30. The van der Waals surface area contributed by atoms with Gasteiger partial charge in [0.2, 0.25) is 10.0 Å². The molecule has 2 aromatic rings. The first kappa shape index (κ1) is 24.0. The molecule has 34 heavy (non-hydrogen) atoms. The Bertz CT molecular complexity index is 1260. The predicted octanol–water partition coefficient (Wildman–Crippen LogP) is 2.24. The lowest BCUT2D eigenvalue weighted by Gasteiger charge is -2.32. The van der Waals surface area contributed by atoms with E-state index < -0.39 is 39.3 Å². The first-order valence-electron chi connectivity index (χ1n) is 10.8. The van der Waals surface area contributed by atoms with Crippen molar-refractivity contribution in [3.8, 4) is 5.75 Å². The number of hydrogen-bond acceptors (Lipinski definition) is 6. The maximum absolute atomic E-state index is 13.6. The molecule has 1 aromatic heterocycles. The SMILES string of the molecule is CCOC(=O)N1C[C@H]2NS(=O)(=O)c3cn(C)c(C(=O)Nc4ccc(F)c(C)c4)c3OC[C@@]2(C)C1.